The van der Waals surface area contributed by atoms with Crippen LogP contribution in [-0.4, -0.2) is 22.7 Å². The van der Waals surface area contributed by atoms with Gasteiger partial charge < -0.3 is 14.6 Å². The van der Waals surface area contributed by atoms with Crippen LogP contribution in [0, 0.1) is 0 Å². The van der Waals surface area contributed by atoms with Crippen molar-refractivity contribution in [1.29, 1.82) is 0 Å². The molecular weight excluding hydrogens is 306 g/mol. The molecule has 3 rings (SSSR count). The number of hydrogen-bond donors (Lipinski definition) is 1. The monoisotopic (exact) mass is 323 g/mol. The Hall–Kier alpha value is -3.15. The number of amides is 1. The second-order valence-electron chi connectivity index (χ2n) is 5.06. The van der Waals surface area contributed by atoms with Crippen LogP contribution in [0.5, 0.6) is 5.75 Å². The predicted octanol–water partition coefficient (Wildman–Crippen LogP) is 3.32. The molecule has 0 saturated heterocycles. The van der Waals surface area contributed by atoms with Crippen molar-refractivity contribution in [2.45, 2.75) is 13.3 Å². The third-order valence-corrected chi connectivity index (χ3v) is 3.33. The molecule has 0 aliphatic rings. The van der Waals surface area contributed by atoms with E-state index in [-0.39, 0.29) is 12.5 Å². The van der Waals surface area contributed by atoms with Gasteiger partial charge in [0, 0.05) is 6.42 Å². The Kier molecular flexibility index (Phi) is 4.86. The smallest absolute Gasteiger partial charge is 0.262 e. The van der Waals surface area contributed by atoms with E-state index < -0.39 is 0 Å². The SMILES string of the molecule is CCc1noc(-c2ccccc2NC(=O)COc2ccccc2)n1. The van der Waals surface area contributed by atoms with Gasteiger partial charge in [-0.25, -0.2) is 0 Å². The molecule has 6 nitrogen and oxygen atoms in total. The van der Waals surface area contributed by atoms with Crippen LogP contribution in [0.4, 0.5) is 5.69 Å². The number of carbonyl (C=O) groups is 1. The van der Waals surface area contributed by atoms with E-state index in [0.717, 1.165) is 0 Å². The van der Waals surface area contributed by atoms with Gasteiger partial charge in [0.05, 0.1) is 11.3 Å². The topological polar surface area (TPSA) is 77.2 Å². The fraction of sp³-hybridized carbons (Fsp3) is 0.167. The van der Waals surface area contributed by atoms with E-state index in [1.54, 1.807) is 18.2 Å². The average Bonchev–Trinajstić information content (AvgIpc) is 3.10. The van der Waals surface area contributed by atoms with Crippen LogP contribution in [0.15, 0.2) is 59.1 Å². The summed E-state index contributed by atoms with van der Waals surface area (Å²) in [5, 5.41) is 6.70. The molecule has 0 bridgehead atoms. The molecule has 1 heterocycles. The number of ether oxygens (including phenoxy) is 1. The first-order chi connectivity index (χ1) is 11.8. The Morgan fingerprint density at radius 2 is 1.88 bits per heavy atom. The Morgan fingerprint density at radius 1 is 1.12 bits per heavy atom. The van der Waals surface area contributed by atoms with E-state index in [0.29, 0.717) is 35.1 Å². The van der Waals surface area contributed by atoms with Crippen LogP contribution >= 0.6 is 0 Å². The highest BCUT2D eigenvalue weighted by Gasteiger charge is 2.14. The first kappa shape index (κ1) is 15.7. The van der Waals surface area contributed by atoms with Crippen molar-refractivity contribution in [2.24, 2.45) is 0 Å². The number of benzene rings is 2. The van der Waals surface area contributed by atoms with E-state index in [9.17, 15) is 4.79 Å². The molecule has 24 heavy (non-hydrogen) atoms. The van der Waals surface area contributed by atoms with E-state index in [2.05, 4.69) is 15.5 Å². The largest absolute Gasteiger partial charge is 0.484 e. The maximum absolute atomic E-state index is 12.1. The molecular formula is C18H17N3O3. The summed E-state index contributed by atoms with van der Waals surface area (Å²) in [6, 6.07) is 16.5. The molecule has 0 radical (unpaired) electrons. The van der Waals surface area contributed by atoms with Gasteiger partial charge >= 0.3 is 0 Å². The fourth-order valence-electron chi connectivity index (χ4n) is 2.14. The lowest BCUT2D eigenvalue weighted by atomic mass is 10.1. The van der Waals surface area contributed by atoms with Crippen molar-refractivity contribution in [2.75, 3.05) is 11.9 Å². The summed E-state index contributed by atoms with van der Waals surface area (Å²) in [5.74, 6) is 1.39. The standard InChI is InChI=1S/C18H17N3O3/c1-2-16-20-18(24-21-16)14-10-6-7-11-15(14)19-17(22)12-23-13-8-4-3-5-9-13/h3-11H,2,12H2,1H3,(H,19,22). The van der Waals surface area contributed by atoms with E-state index in [1.807, 2.05) is 43.3 Å². The third-order valence-electron chi connectivity index (χ3n) is 3.33. The van der Waals surface area contributed by atoms with E-state index >= 15 is 0 Å². The molecule has 0 aliphatic heterocycles. The second-order valence-corrected chi connectivity index (χ2v) is 5.06. The average molecular weight is 323 g/mol. The normalized spacial score (nSPS) is 10.4. The molecule has 122 valence electrons. The van der Waals surface area contributed by atoms with Gasteiger partial charge in [0.1, 0.15) is 5.75 Å². The van der Waals surface area contributed by atoms with Crippen molar-refractivity contribution in [3.8, 4) is 17.2 Å². The minimum atomic E-state index is -0.262. The van der Waals surface area contributed by atoms with Crippen molar-refractivity contribution in [1.82, 2.24) is 10.1 Å². The summed E-state index contributed by atoms with van der Waals surface area (Å²) in [6.07, 6.45) is 0.683. The Bertz CT molecular complexity index is 815. The van der Waals surface area contributed by atoms with Gasteiger partial charge in [-0.05, 0) is 24.3 Å². The van der Waals surface area contributed by atoms with Gasteiger partial charge in [-0.15, -0.1) is 0 Å². The van der Waals surface area contributed by atoms with Gasteiger partial charge in [-0.3, -0.25) is 4.79 Å². The fourth-order valence-corrected chi connectivity index (χ4v) is 2.14. The number of anilines is 1. The quantitative estimate of drug-likeness (QED) is 0.753. The first-order valence-corrected chi connectivity index (χ1v) is 7.66. The zero-order valence-electron chi connectivity index (χ0n) is 13.2. The molecule has 0 spiro atoms. The van der Waals surface area contributed by atoms with Crippen molar-refractivity contribution in [3.63, 3.8) is 0 Å². The number of para-hydroxylation sites is 2. The van der Waals surface area contributed by atoms with Crippen molar-refractivity contribution < 1.29 is 14.1 Å². The maximum atomic E-state index is 12.1. The van der Waals surface area contributed by atoms with Gasteiger partial charge in [-0.1, -0.05) is 42.4 Å². The second kappa shape index (κ2) is 7.41. The highest BCUT2D eigenvalue weighted by atomic mass is 16.5. The molecule has 0 fully saturated rings. The maximum Gasteiger partial charge on any atom is 0.262 e. The Labute approximate surface area is 139 Å². The molecule has 3 aromatic rings. The number of rotatable bonds is 6. The highest BCUT2D eigenvalue weighted by Crippen LogP contribution is 2.26. The zero-order valence-corrected chi connectivity index (χ0v) is 13.2. The van der Waals surface area contributed by atoms with Gasteiger partial charge in [-0.2, -0.15) is 4.98 Å². The lowest BCUT2D eigenvalue weighted by Gasteiger charge is -2.09. The van der Waals surface area contributed by atoms with Crippen LogP contribution in [0.1, 0.15) is 12.7 Å². The molecule has 0 saturated carbocycles. The van der Waals surface area contributed by atoms with Gasteiger partial charge in [0.2, 0.25) is 0 Å². The van der Waals surface area contributed by atoms with Crippen LogP contribution < -0.4 is 10.1 Å². The number of carbonyl (C=O) groups excluding carboxylic acids is 1. The summed E-state index contributed by atoms with van der Waals surface area (Å²) < 4.78 is 10.7. The zero-order chi connectivity index (χ0) is 16.8. The molecule has 0 unspecified atom stereocenters. The highest BCUT2D eigenvalue weighted by molar-refractivity contribution is 5.95. The predicted molar refractivity (Wildman–Crippen MR) is 89.7 cm³/mol. The molecule has 1 amide bonds. The Balaban J connectivity index is 1.69. The van der Waals surface area contributed by atoms with Crippen LogP contribution in [-0.2, 0) is 11.2 Å². The van der Waals surface area contributed by atoms with Crippen LogP contribution in [0.2, 0.25) is 0 Å². The number of aromatic nitrogens is 2. The Morgan fingerprint density at radius 3 is 2.62 bits per heavy atom. The molecule has 6 heteroatoms. The van der Waals surface area contributed by atoms with Gasteiger partial charge in [0.25, 0.3) is 11.8 Å². The minimum Gasteiger partial charge on any atom is -0.484 e. The summed E-state index contributed by atoms with van der Waals surface area (Å²) in [6.45, 7) is 1.87. The summed E-state index contributed by atoms with van der Waals surface area (Å²) in [7, 11) is 0. The number of aryl methyl sites for hydroxylation is 1. The lowest BCUT2D eigenvalue weighted by molar-refractivity contribution is -0.118. The third kappa shape index (κ3) is 3.78. The van der Waals surface area contributed by atoms with Crippen LogP contribution in [0.3, 0.4) is 0 Å². The van der Waals surface area contributed by atoms with Crippen LogP contribution in [0.25, 0.3) is 11.5 Å². The van der Waals surface area contributed by atoms with E-state index in [1.165, 1.54) is 0 Å². The molecule has 1 N–H and O–H groups in total. The number of nitrogens with zero attached hydrogens (tertiary/aromatic N) is 2. The van der Waals surface area contributed by atoms with Gasteiger partial charge in [0.15, 0.2) is 12.4 Å². The molecule has 0 atom stereocenters. The lowest BCUT2D eigenvalue weighted by Crippen LogP contribution is -2.20. The number of nitrogens with one attached hydrogen (secondary N) is 1. The molecule has 1 aromatic heterocycles. The summed E-state index contributed by atoms with van der Waals surface area (Å²) in [5.41, 5.74) is 1.28. The summed E-state index contributed by atoms with van der Waals surface area (Å²) in [4.78, 5) is 16.4. The van der Waals surface area contributed by atoms with Crippen molar-refractivity contribution in [3.05, 3.63) is 60.4 Å². The first-order valence-electron chi connectivity index (χ1n) is 7.66. The molecule has 2 aromatic carbocycles. The van der Waals surface area contributed by atoms with E-state index in [4.69, 9.17) is 9.26 Å². The van der Waals surface area contributed by atoms with Crippen molar-refractivity contribution >= 4 is 11.6 Å². The number of hydrogen-bond acceptors (Lipinski definition) is 5. The minimum absolute atomic E-state index is 0.0810. The molecule has 0 aliphatic carbocycles. The summed E-state index contributed by atoms with van der Waals surface area (Å²) >= 11 is 0.